The Morgan fingerprint density at radius 2 is 1.90 bits per heavy atom. The second-order valence-electron chi connectivity index (χ2n) is 5.81. The van der Waals surface area contributed by atoms with Crippen LogP contribution >= 0.6 is 0 Å². The maximum atomic E-state index is 4.35. The Morgan fingerprint density at radius 1 is 1.15 bits per heavy atom. The Bertz CT molecular complexity index is 525. The predicted molar refractivity (Wildman–Crippen MR) is 84.1 cm³/mol. The number of rotatable bonds is 3. The zero-order valence-electron chi connectivity index (χ0n) is 12.3. The van der Waals surface area contributed by atoms with Gasteiger partial charge in [-0.1, -0.05) is 36.4 Å². The van der Waals surface area contributed by atoms with E-state index in [4.69, 9.17) is 0 Å². The average Bonchev–Trinajstić information content (AvgIpc) is 3.01. The summed E-state index contributed by atoms with van der Waals surface area (Å²) in [5, 5.41) is 7.05. The largest absolute Gasteiger partial charge is 0.353 e. The first-order valence-corrected chi connectivity index (χ1v) is 7.48. The van der Waals surface area contributed by atoms with Crippen LogP contribution in [0.1, 0.15) is 36.3 Å². The summed E-state index contributed by atoms with van der Waals surface area (Å²) in [6.45, 7) is 2.20. The smallest absolute Gasteiger partial charge is 0.191 e. The topological polar surface area (TPSA) is 36.4 Å². The molecule has 0 heterocycles. The molecule has 3 rings (SSSR count). The molecule has 2 N–H and O–H groups in total. The van der Waals surface area contributed by atoms with E-state index < -0.39 is 0 Å². The molecule has 2 aliphatic carbocycles. The van der Waals surface area contributed by atoms with Crippen molar-refractivity contribution < 1.29 is 0 Å². The molecule has 3 heteroatoms. The van der Waals surface area contributed by atoms with Crippen LogP contribution in [0, 0.1) is 6.92 Å². The second-order valence-corrected chi connectivity index (χ2v) is 5.81. The molecule has 2 unspecified atom stereocenters. The molecule has 0 aromatic heterocycles. The summed E-state index contributed by atoms with van der Waals surface area (Å²) in [5.74, 6) is 1.58. The molecule has 2 aliphatic rings. The van der Waals surface area contributed by atoms with Crippen molar-refractivity contribution in [2.24, 2.45) is 4.99 Å². The quantitative estimate of drug-likeness (QED) is 0.503. The van der Waals surface area contributed by atoms with Crippen molar-refractivity contribution in [2.75, 3.05) is 7.05 Å². The second kappa shape index (κ2) is 5.70. The number of hydrogen-bond acceptors (Lipinski definition) is 1. The van der Waals surface area contributed by atoms with Crippen LogP contribution in [0.5, 0.6) is 0 Å². The molecule has 0 amide bonds. The summed E-state index contributed by atoms with van der Waals surface area (Å²) < 4.78 is 0. The lowest BCUT2D eigenvalue weighted by atomic mass is 10.0. The zero-order chi connectivity index (χ0) is 13.9. The van der Waals surface area contributed by atoms with Gasteiger partial charge < -0.3 is 10.6 Å². The van der Waals surface area contributed by atoms with Gasteiger partial charge >= 0.3 is 0 Å². The summed E-state index contributed by atoms with van der Waals surface area (Å²) >= 11 is 0. The van der Waals surface area contributed by atoms with E-state index in [0.717, 1.165) is 18.8 Å². The molecular formula is C17H23N3. The first kappa shape index (κ1) is 13.2. The molecule has 0 radical (unpaired) electrons. The van der Waals surface area contributed by atoms with E-state index in [1.165, 1.54) is 17.5 Å². The van der Waals surface area contributed by atoms with Crippen molar-refractivity contribution in [1.82, 2.24) is 10.6 Å². The predicted octanol–water partition coefficient (Wildman–Crippen LogP) is 2.73. The third-order valence-electron chi connectivity index (χ3n) is 4.27. The van der Waals surface area contributed by atoms with Gasteiger partial charge in [-0.3, -0.25) is 4.99 Å². The van der Waals surface area contributed by atoms with Crippen molar-refractivity contribution in [3.05, 3.63) is 47.5 Å². The van der Waals surface area contributed by atoms with Crippen LogP contribution in [0.4, 0.5) is 0 Å². The summed E-state index contributed by atoms with van der Waals surface area (Å²) in [5.41, 5.74) is 2.87. The first-order chi connectivity index (χ1) is 9.78. The average molecular weight is 269 g/mol. The third-order valence-corrected chi connectivity index (χ3v) is 4.27. The number of benzene rings is 1. The number of nitrogens with zero attached hydrogens (tertiary/aromatic N) is 1. The lowest BCUT2D eigenvalue weighted by Gasteiger charge is -2.17. The highest BCUT2D eigenvalue weighted by atomic mass is 15.2. The van der Waals surface area contributed by atoms with Crippen LogP contribution in [0.25, 0.3) is 0 Å². The van der Waals surface area contributed by atoms with Gasteiger partial charge in [-0.05, 0) is 37.3 Å². The van der Waals surface area contributed by atoms with Crippen LogP contribution in [0.2, 0.25) is 0 Å². The van der Waals surface area contributed by atoms with Gasteiger partial charge in [0.2, 0.25) is 0 Å². The van der Waals surface area contributed by atoms with Crippen LogP contribution in [0.3, 0.4) is 0 Å². The lowest BCUT2D eigenvalue weighted by molar-refractivity contribution is 0.631. The fourth-order valence-electron chi connectivity index (χ4n) is 2.98. The van der Waals surface area contributed by atoms with Crippen LogP contribution in [-0.2, 0) is 0 Å². The fourth-order valence-corrected chi connectivity index (χ4v) is 2.98. The highest BCUT2D eigenvalue weighted by Gasteiger charge is 2.39. The van der Waals surface area contributed by atoms with Gasteiger partial charge in [0.25, 0.3) is 0 Å². The van der Waals surface area contributed by atoms with E-state index in [1.54, 1.807) is 0 Å². The third kappa shape index (κ3) is 2.87. The number of hydrogen-bond donors (Lipinski definition) is 2. The molecule has 0 bridgehead atoms. The van der Waals surface area contributed by atoms with E-state index in [2.05, 4.69) is 59.0 Å². The summed E-state index contributed by atoms with van der Waals surface area (Å²) in [7, 11) is 1.85. The minimum Gasteiger partial charge on any atom is -0.353 e. The number of aryl methyl sites for hydroxylation is 1. The van der Waals surface area contributed by atoms with E-state index >= 15 is 0 Å². The van der Waals surface area contributed by atoms with Crippen molar-refractivity contribution in [3.8, 4) is 0 Å². The highest BCUT2D eigenvalue weighted by Crippen LogP contribution is 2.42. The van der Waals surface area contributed by atoms with E-state index in [0.29, 0.717) is 18.0 Å². The minimum atomic E-state index is 0.511. The molecule has 1 aromatic carbocycles. The van der Waals surface area contributed by atoms with Crippen molar-refractivity contribution in [3.63, 3.8) is 0 Å². The van der Waals surface area contributed by atoms with Crippen LogP contribution < -0.4 is 10.6 Å². The molecule has 0 spiro atoms. The monoisotopic (exact) mass is 269 g/mol. The van der Waals surface area contributed by atoms with Gasteiger partial charge in [-0.25, -0.2) is 0 Å². The summed E-state index contributed by atoms with van der Waals surface area (Å²) in [6, 6.07) is 9.72. The van der Waals surface area contributed by atoms with Crippen molar-refractivity contribution in [1.29, 1.82) is 0 Å². The van der Waals surface area contributed by atoms with Crippen LogP contribution in [0.15, 0.2) is 41.4 Å². The molecule has 20 heavy (non-hydrogen) atoms. The normalized spacial score (nSPS) is 25.8. The first-order valence-electron chi connectivity index (χ1n) is 7.48. The number of nitrogens with one attached hydrogen (secondary N) is 2. The standard InChI is InChI=1S/C17H23N3/c1-12-7-3-6-10-14(12)15-11-16(15)20-17(18-2)19-13-8-4-5-9-13/h3-7,10,13,15-16H,8-9,11H2,1-2H3,(H2,18,19,20). The molecule has 1 fully saturated rings. The Hall–Kier alpha value is -1.77. The molecule has 0 saturated heterocycles. The molecule has 0 aliphatic heterocycles. The molecular weight excluding hydrogens is 246 g/mol. The summed E-state index contributed by atoms with van der Waals surface area (Å²) in [6.07, 6.45) is 7.88. The lowest BCUT2D eigenvalue weighted by Crippen LogP contribution is -2.43. The maximum absolute atomic E-state index is 4.35. The van der Waals surface area contributed by atoms with Gasteiger partial charge in [-0.2, -0.15) is 0 Å². The molecule has 1 saturated carbocycles. The zero-order valence-corrected chi connectivity index (χ0v) is 12.3. The Morgan fingerprint density at radius 3 is 2.60 bits per heavy atom. The molecule has 2 atom stereocenters. The van der Waals surface area contributed by atoms with Gasteiger partial charge in [-0.15, -0.1) is 0 Å². The maximum Gasteiger partial charge on any atom is 0.191 e. The van der Waals surface area contributed by atoms with Crippen LogP contribution in [-0.4, -0.2) is 25.1 Å². The summed E-state index contributed by atoms with van der Waals surface area (Å²) in [4.78, 5) is 4.35. The number of guanidine groups is 1. The molecule has 3 nitrogen and oxygen atoms in total. The fraction of sp³-hybridized carbons (Fsp3) is 0.471. The Balaban J connectivity index is 1.55. The van der Waals surface area contributed by atoms with E-state index in [1.807, 2.05) is 7.05 Å². The van der Waals surface area contributed by atoms with Crippen molar-refractivity contribution >= 4 is 5.96 Å². The van der Waals surface area contributed by atoms with E-state index in [9.17, 15) is 0 Å². The van der Waals surface area contributed by atoms with Gasteiger partial charge in [0.15, 0.2) is 5.96 Å². The molecule has 106 valence electrons. The Labute approximate surface area is 121 Å². The highest BCUT2D eigenvalue weighted by molar-refractivity contribution is 5.81. The number of aliphatic imine (C=N–C) groups is 1. The van der Waals surface area contributed by atoms with Crippen molar-refractivity contribution in [2.45, 2.75) is 44.2 Å². The van der Waals surface area contributed by atoms with Gasteiger partial charge in [0, 0.05) is 25.0 Å². The SMILES string of the molecule is CN=C(NC1CC=CC1)NC1CC1c1ccccc1C. The Kier molecular flexibility index (Phi) is 3.77. The van der Waals surface area contributed by atoms with E-state index in [-0.39, 0.29) is 0 Å². The molecule has 1 aromatic rings. The van der Waals surface area contributed by atoms with Gasteiger partial charge in [0.05, 0.1) is 0 Å². The van der Waals surface area contributed by atoms with Gasteiger partial charge in [0.1, 0.15) is 0 Å². The minimum absolute atomic E-state index is 0.511.